The molecular weight excluding hydrogens is 190 g/mol. The minimum atomic E-state index is -2.96. The lowest BCUT2D eigenvalue weighted by Gasteiger charge is -1.98. The number of fused-ring (bicyclic) bond motifs is 1. The first-order chi connectivity index (χ1) is 6.68. The molecule has 0 spiro atoms. The van der Waals surface area contributed by atoms with Crippen molar-refractivity contribution in [1.29, 1.82) is 0 Å². The minimum Gasteiger partial charge on any atom is -0.464 e. The highest BCUT2D eigenvalue weighted by Crippen LogP contribution is 2.18. The van der Waals surface area contributed by atoms with Crippen LogP contribution in [-0.2, 0) is 0 Å². The molecule has 4 heteroatoms. The van der Waals surface area contributed by atoms with Crippen molar-refractivity contribution in [2.24, 2.45) is 0 Å². The zero-order valence-electron chi connectivity index (χ0n) is 7.04. The zero-order valence-corrected chi connectivity index (χ0v) is 7.04. The third kappa shape index (κ3) is 1.39. The monoisotopic (exact) mass is 196 g/mol. The Kier molecular flexibility index (Phi) is 2.04. The number of halogens is 2. The summed E-state index contributed by atoms with van der Waals surface area (Å²) in [6.07, 6.45) is -1.51. The maximum absolute atomic E-state index is 12.1. The number of ketones is 1. The first-order valence-electron chi connectivity index (χ1n) is 3.98. The Hall–Kier alpha value is -1.71. The van der Waals surface area contributed by atoms with Crippen LogP contribution in [0, 0.1) is 0 Å². The number of carbonyl (C=O) groups excluding carboxylic acids is 1. The molecule has 0 atom stereocenters. The van der Waals surface area contributed by atoms with Crippen LogP contribution >= 0.6 is 0 Å². The highest BCUT2D eigenvalue weighted by atomic mass is 19.3. The summed E-state index contributed by atoms with van der Waals surface area (Å²) >= 11 is 0. The van der Waals surface area contributed by atoms with Gasteiger partial charge in [-0.05, 0) is 24.3 Å². The predicted octanol–water partition coefficient (Wildman–Crippen LogP) is 2.88. The zero-order chi connectivity index (χ0) is 10.1. The fourth-order valence-electron chi connectivity index (χ4n) is 1.25. The third-order valence-electron chi connectivity index (χ3n) is 1.94. The van der Waals surface area contributed by atoms with E-state index in [2.05, 4.69) is 0 Å². The van der Waals surface area contributed by atoms with Crippen LogP contribution in [0.2, 0.25) is 0 Å². The fourth-order valence-corrected chi connectivity index (χ4v) is 1.25. The summed E-state index contributed by atoms with van der Waals surface area (Å²) < 4.78 is 29.1. The highest BCUT2D eigenvalue weighted by Gasteiger charge is 2.17. The normalized spacial score (nSPS) is 11.1. The number of alkyl halides is 2. The number of furan rings is 1. The quantitative estimate of drug-likeness (QED) is 0.691. The third-order valence-corrected chi connectivity index (χ3v) is 1.94. The highest BCUT2D eigenvalue weighted by molar-refractivity contribution is 6.01. The Bertz CT molecular complexity index is 474. The van der Waals surface area contributed by atoms with Crippen LogP contribution in [0.15, 0.2) is 34.9 Å². The molecule has 2 nitrogen and oxygen atoms in total. The van der Waals surface area contributed by atoms with Crippen molar-refractivity contribution < 1.29 is 18.0 Å². The van der Waals surface area contributed by atoms with Crippen molar-refractivity contribution in [2.45, 2.75) is 6.43 Å². The van der Waals surface area contributed by atoms with Crippen LogP contribution in [0.4, 0.5) is 8.78 Å². The number of Topliss-reactive ketones (excluding diaryl/α,β-unsaturated/α-hetero) is 1. The van der Waals surface area contributed by atoms with Gasteiger partial charge in [-0.1, -0.05) is 0 Å². The molecule has 0 amide bonds. The molecule has 0 aliphatic heterocycles. The van der Waals surface area contributed by atoms with Gasteiger partial charge in [0.1, 0.15) is 5.58 Å². The number of benzene rings is 1. The van der Waals surface area contributed by atoms with Gasteiger partial charge in [-0.2, -0.15) is 0 Å². The Balaban J connectivity index is 2.48. The Labute approximate surface area is 78.1 Å². The van der Waals surface area contributed by atoms with E-state index in [-0.39, 0.29) is 5.56 Å². The number of hydrogen-bond acceptors (Lipinski definition) is 2. The van der Waals surface area contributed by atoms with Gasteiger partial charge < -0.3 is 4.42 Å². The van der Waals surface area contributed by atoms with E-state index in [1.165, 1.54) is 24.5 Å². The maximum Gasteiger partial charge on any atom is 0.300 e. The molecule has 0 fully saturated rings. The van der Waals surface area contributed by atoms with Crippen molar-refractivity contribution in [3.05, 3.63) is 36.1 Å². The summed E-state index contributed by atoms with van der Waals surface area (Å²) in [6, 6.07) is 5.86. The van der Waals surface area contributed by atoms with Gasteiger partial charge in [-0.3, -0.25) is 4.79 Å². The van der Waals surface area contributed by atoms with E-state index < -0.39 is 12.2 Å². The van der Waals surface area contributed by atoms with Crippen LogP contribution in [0.1, 0.15) is 10.4 Å². The average molecular weight is 196 g/mol. The van der Waals surface area contributed by atoms with Gasteiger partial charge >= 0.3 is 6.43 Å². The van der Waals surface area contributed by atoms with E-state index >= 15 is 0 Å². The molecule has 1 heterocycles. The molecule has 0 bridgehead atoms. The van der Waals surface area contributed by atoms with Crippen LogP contribution in [0.25, 0.3) is 11.0 Å². The molecule has 0 N–H and O–H groups in total. The summed E-state index contributed by atoms with van der Waals surface area (Å²) in [5, 5.41) is 0.650. The van der Waals surface area contributed by atoms with Gasteiger partial charge in [0.2, 0.25) is 5.78 Å². The summed E-state index contributed by atoms with van der Waals surface area (Å²) in [4.78, 5) is 10.9. The Morgan fingerprint density at radius 2 is 2.07 bits per heavy atom. The van der Waals surface area contributed by atoms with Crippen molar-refractivity contribution >= 4 is 16.8 Å². The molecule has 1 aromatic carbocycles. The predicted molar refractivity (Wildman–Crippen MR) is 46.5 cm³/mol. The lowest BCUT2D eigenvalue weighted by molar-refractivity contribution is 0.0679. The van der Waals surface area contributed by atoms with Crippen molar-refractivity contribution in [3.8, 4) is 0 Å². The van der Waals surface area contributed by atoms with E-state index in [0.29, 0.717) is 11.0 Å². The molecular formula is C10H6F2O2. The summed E-state index contributed by atoms with van der Waals surface area (Å²) in [5.74, 6) is -1.16. The van der Waals surface area contributed by atoms with Gasteiger partial charge in [0.25, 0.3) is 0 Å². The van der Waals surface area contributed by atoms with Crippen molar-refractivity contribution in [1.82, 2.24) is 0 Å². The maximum atomic E-state index is 12.1. The topological polar surface area (TPSA) is 30.2 Å². The molecule has 1 aromatic heterocycles. The summed E-state index contributed by atoms with van der Waals surface area (Å²) in [7, 11) is 0. The number of rotatable bonds is 2. The molecule has 0 aliphatic carbocycles. The van der Waals surface area contributed by atoms with Crippen molar-refractivity contribution in [3.63, 3.8) is 0 Å². The second-order valence-electron chi connectivity index (χ2n) is 2.84. The first kappa shape index (κ1) is 8.87. The molecule has 2 aromatic rings. The van der Waals surface area contributed by atoms with Crippen molar-refractivity contribution in [2.75, 3.05) is 0 Å². The van der Waals surface area contributed by atoms with Crippen LogP contribution in [-0.4, -0.2) is 12.2 Å². The van der Waals surface area contributed by atoms with E-state index in [1.54, 1.807) is 6.07 Å². The van der Waals surface area contributed by atoms with Crippen LogP contribution < -0.4 is 0 Å². The van der Waals surface area contributed by atoms with Gasteiger partial charge in [0, 0.05) is 10.9 Å². The molecule has 0 aliphatic rings. The molecule has 14 heavy (non-hydrogen) atoms. The summed E-state index contributed by atoms with van der Waals surface area (Å²) in [5.41, 5.74) is 0.588. The number of carbonyl (C=O) groups is 1. The lowest BCUT2D eigenvalue weighted by Crippen LogP contribution is -2.09. The molecule has 72 valence electrons. The van der Waals surface area contributed by atoms with E-state index in [1.807, 2.05) is 0 Å². The molecule has 0 saturated heterocycles. The molecule has 0 saturated carbocycles. The Morgan fingerprint density at radius 3 is 2.79 bits per heavy atom. The van der Waals surface area contributed by atoms with Gasteiger partial charge in [0.05, 0.1) is 6.26 Å². The second kappa shape index (κ2) is 3.21. The second-order valence-corrected chi connectivity index (χ2v) is 2.84. The van der Waals surface area contributed by atoms with Crippen LogP contribution in [0.3, 0.4) is 0 Å². The van der Waals surface area contributed by atoms with E-state index in [0.717, 1.165) is 0 Å². The molecule has 2 rings (SSSR count). The minimum absolute atomic E-state index is 0.00824. The average Bonchev–Trinajstić information content (AvgIpc) is 2.62. The van der Waals surface area contributed by atoms with Crippen LogP contribution in [0.5, 0.6) is 0 Å². The molecule has 0 radical (unpaired) electrons. The number of hydrogen-bond donors (Lipinski definition) is 0. The van der Waals surface area contributed by atoms with Gasteiger partial charge in [-0.25, -0.2) is 8.78 Å². The SMILES string of the molecule is O=C(c1ccc2occc2c1)C(F)F. The Morgan fingerprint density at radius 1 is 1.29 bits per heavy atom. The largest absolute Gasteiger partial charge is 0.464 e. The lowest BCUT2D eigenvalue weighted by atomic mass is 10.1. The fraction of sp³-hybridized carbons (Fsp3) is 0.100. The first-order valence-corrected chi connectivity index (χ1v) is 3.98. The standard InChI is InChI=1S/C10H6F2O2/c11-10(12)9(13)7-1-2-8-6(5-7)3-4-14-8/h1-5,10H. The van der Waals surface area contributed by atoms with Gasteiger partial charge in [-0.15, -0.1) is 0 Å². The molecule has 0 unspecified atom stereocenters. The van der Waals surface area contributed by atoms with E-state index in [9.17, 15) is 13.6 Å². The summed E-state index contributed by atoms with van der Waals surface area (Å²) in [6.45, 7) is 0. The van der Waals surface area contributed by atoms with E-state index in [4.69, 9.17) is 4.42 Å². The van der Waals surface area contributed by atoms with Gasteiger partial charge in [0.15, 0.2) is 0 Å². The smallest absolute Gasteiger partial charge is 0.300 e.